The number of methoxy groups -OCH3 is 1. The first-order valence-electron chi connectivity index (χ1n) is 9.24. The van der Waals surface area contributed by atoms with Crippen molar-refractivity contribution in [3.63, 3.8) is 0 Å². The number of hydrogen-bond donors (Lipinski definition) is 2. The lowest BCUT2D eigenvalue weighted by Crippen LogP contribution is -3.11. The van der Waals surface area contributed by atoms with Crippen LogP contribution in [-0.2, 0) is 9.59 Å². The van der Waals surface area contributed by atoms with Crippen LogP contribution in [0.5, 0.6) is 5.75 Å². The highest BCUT2D eigenvalue weighted by Gasteiger charge is 2.21. The zero-order valence-electron chi connectivity index (χ0n) is 17.0. The van der Waals surface area contributed by atoms with Crippen molar-refractivity contribution in [1.29, 1.82) is 0 Å². The van der Waals surface area contributed by atoms with Gasteiger partial charge in [0.25, 0.3) is 11.8 Å². The second-order valence-corrected chi connectivity index (χ2v) is 7.67. The molecule has 6 nitrogen and oxygen atoms in total. The van der Waals surface area contributed by atoms with Gasteiger partial charge in [0, 0.05) is 18.8 Å². The van der Waals surface area contributed by atoms with Crippen LogP contribution in [0.15, 0.2) is 24.3 Å². The molecule has 146 valence electrons. The van der Waals surface area contributed by atoms with Crippen LogP contribution in [0.4, 0.5) is 5.69 Å². The molecule has 0 bridgehead atoms. The van der Waals surface area contributed by atoms with E-state index < -0.39 is 0 Å². The van der Waals surface area contributed by atoms with E-state index in [0.717, 1.165) is 29.4 Å². The summed E-state index contributed by atoms with van der Waals surface area (Å²) in [7, 11) is 3.47. The van der Waals surface area contributed by atoms with Crippen LogP contribution in [0.2, 0.25) is 0 Å². The number of amides is 2. The molecular formula is C20H34N3O3+. The van der Waals surface area contributed by atoms with Gasteiger partial charge in [0.1, 0.15) is 5.75 Å². The maximum atomic E-state index is 12.6. The highest BCUT2D eigenvalue weighted by Crippen LogP contribution is 2.14. The van der Waals surface area contributed by atoms with E-state index in [4.69, 9.17) is 4.74 Å². The molecule has 0 aliphatic rings. The van der Waals surface area contributed by atoms with Crippen molar-refractivity contribution >= 4 is 17.5 Å². The summed E-state index contributed by atoms with van der Waals surface area (Å²) in [6, 6.07) is 7.19. The number of ether oxygens (including phenoxy) is 1. The largest absolute Gasteiger partial charge is 0.497 e. The van der Waals surface area contributed by atoms with Crippen LogP contribution in [0.1, 0.15) is 27.7 Å². The Hall–Kier alpha value is -2.08. The first-order chi connectivity index (χ1) is 12.2. The van der Waals surface area contributed by atoms with Crippen molar-refractivity contribution in [3.05, 3.63) is 24.3 Å². The maximum absolute atomic E-state index is 12.6. The number of likely N-dealkylation sites (N-methyl/N-ethyl adjacent to an activating group) is 1. The van der Waals surface area contributed by atoms with Gasteiger partial charge in [-0.25, -0.2) is 0 Å². The second kappa shape index (κ2) is 10.8. The summed E-state index contributed by atoms with van der Waals surface area (Å²) in [5.41, 5.74) is 0.719. The third-order valence-electron chi connectivity index (χ3n) is 3.81. The van der Waals surface area contributed by atoms with Crippen molar-refractivity contribution in [1.82, 2.24) is 4.90 Å². The Labute approximate surface area is 157 Å². The van der Waals surface area contributed by atoms with Gasteiger partial charge in [-0.1, -0.05) is 27.7 Å². The average Bonchev–Trinajstić information content (AvgIpc) is 2.53. The molecule has 0 aliphatic carbocycles. The zero-order valence-corrected chi connectivity index (χ0v) is 17.0. The molecule has 1 aromatic rings. The molecule has 2 amide bonds. The van der Waals surface area contributed by atoms with Gasteiger partial charge in [0.2, 0.25) is 0 Å². The Bertz CT molecular complexity index is 560. The van der Waals surface area contributed by atoms with Crippen LogP contribution in [0.25, 0.3) is 0 Å². The molecule has 26 heavy (non-hydrogen) atoms. The number of anilines is 1. The normalized spacial score (nSPS) is 12.2. The van der Waals surface area contributed by atoms with E-state index in [-0.39, 0.29) is 18.4 Å². The fourth-order valence-corrected chi connectivity index (χ4v) is 2.75. The van der Waals surface area contributed by atoms with Crippen molar-refractivity contribution in [2.75, 3.05) is 45.7 Å². The highest BCUT2D eigenvalue weighted by molar-refractivity contribution is 5.91. The Balaban J connectivity index is 2.52. The van der Waals surface area contributed by atoms with Gasteiger partial charge in [0.05, 0.1) is 14.2 Å². The maximum Gasteiger partial charge on any atom is 0.279 e. The minimum absolute atomic E-state index is 0.0992. The molecule has 2 N–H and O–H groups in total. The van der Waals surface area contributed by atoms with E-state index >= 15 is 0 Å². The monoisotopic (exact) mass is 364 g/mol. The molecule has 0 heterocycles. The zero-order chi connectivity index (χ0) is 19.7. The lowest BCUT2D eigenvalue weighted by atomic mass is 10.1. The third-order valence-corrected chi connectivity index (χ3v) is 3.81. The van der Waals surface area contributed by atoms with Crippen molar-refractivity contribution in [2.24, 2.45) is 11.8 Å². The van der Waals surface area contributed by atoms with Crippen LogP contribution in [0.3, 0.4) is 0 Å². The molecule has 0 spiro atoms. The Morgan fingerprint density at radius 1 is 1.04 bits per heavy atom. The number of benzene rings is 1. The van der Waals surface area contributed by atoms with Gasteiger partial charge in [-0.2, -0.15) is 0 Å². The number of quaternary nitrogens is 1. The smallest absolute Gasteiger partial charge is 0.279 e. The number of nitrogens with zero attached hydrogens (tertiary/aromatic N) is 1. The van der Waals surface area contributed by atoms with E-state index in [0.29, 0.717) is 18.4 Å². The molecular weight excluding hydrogens is 330 g/mol. The number of carbonyl (C=O) groups is 2. The fraction of sp³-hybridized carbons (Fsp3) is 0.600. The van der Waals surface area contributed by atoms with Gasteiger partial charge in [0.15, 0.2) is 13.1 Å². The van der Waals surface area contributed by atoms with Crippen LogP contribution < -0.4 is 15.0 Å². The summed E-state index contributed by atoms with van der Waals surface area (Å²) in [5, 5.41) is 2.85. The molecule has 1 aromatic carbocycles. The van der Waals surface area contributed by atoms with Gasteiger partial charge in [-0.05, 0) is 36.1 Å². The van der Waals surface area contributed by atoms with E-state index in [9.17, 15) is 9.59 Å². The molecule has 6 heteroatoms. The van der Waals surface area contributed by atoms with Crippen LogP contribution >= 0.6 is 0 Å². The summed E-state index contributed by atoms with van der Waals surface area (Å²) in [4.78, 5) is 27.6. The third kappa shape index (κ3) is 8.34. The number of nitrogens with one attached hydrogen (secondary N) is 2. The topological polar surface area (TPSA) is 63.1 Å². The standard InChI is InChI=1S/C20H33N3O3/c1-15(2)11-23(12-16(3)4)20(25)14-22(5)13-19(24)21-17-7-9-18(26-6)10-8-17/h7-10,15-16H,11-14H2,1-6H3,(H,21,24)/p+1. The SMILES string of the molecule is COc1ccc(NC(=O)C[NH+](C)CC(=O)N(CC(C)C)CC(C)C)cc1. The quantitative estimate of drug-likeness (QED) is 0.658. The number of carbonyl (C=O) groups excluding carboxylic acids is 2. The second-order valence-electron chi connectivity index (χ2n) is 7.67. The summed E-state index contributed by atoms with van der Waals surface area (Å²) in [6.07, 6.45) is 0. The molecule has 1 atom stereocenters. The summed E-state index contributed by atoms with van der Waals surface area (Å²) < 4.78 is 5.10. The van der Waals surface area contributed by atoms with E-state index in [1.165, 1.54) is 0 Å². The van der Waals surface area contributed by atoms with Gasteiger partial charge in [-0.3, -0.25) is 9.59 Å². The van der Waals surface area contributed by atoms with E-state index in [1.807, 2.05) is 11.9 Å². The molecule has 0 radical (unpaired) electrons. The van der Waals surface area contributed by atoms with Crippen molar-refractivity contribution in [2.45, 2.75) is 27.7 Å². The Morgan fingerprint density at radius 2 is 1.58 bits per heavy atom. The van der Waals surface area contributed by atoms with Crippen molar-refractivity contribution < 1.29 is 19.2 Å². The predicted molar refractivity (Wildman–Crippen MR) is 105 cm³/mol. The minimum Gasteiger partial charge on any atom is -0.497 e. The van der Waals surface area contributed by atoms with Crippen LogP contribution in [-0.4, -0.2) is 57.1 Å². The molecule has 0 saturated carbocycles. The van der Waals surface area contributed by atoms with Gasteiger partial charge >= 0.3 is 0 Å². The summed E-state index contributed by atoms with van der Waals surface area (Å²) in [5.74, 6) is 1.58. The molecule has 1 rings (SSSR count). The lowest BCUT2D eigenvalue weighted by Gasteiger charge is -2.27. The fourth-order valence-electron chi connectivity index (χ4n) is 2.75. The molecule has 0 fully saturated rings. The first kappa shape index (κ1) is 22.0. The van der Waals surface area contributed by atoms with E-state index in [2.05, 4.69) is 33.0 Å². The van der Waals surface area contributed by atoms with Gasteiger partial charge in [-0.15, -0.1) is 0 Å². The predicted octanol–water partition coefficient (Wildman–Crippen LogP) is 1.29. The molecule has 0 aliphatic heterocycles. The average molecular weight is 365 g/mol. The summed E-state index contributed by atoms with van der Waals surface area (Å²) in [6.45, 7) is 10.5. The van der Waals surface area contributed by atoms with Crippen LogP contribution in [0, 0.1) is 11.8 Å². The lowest BCUT2D eigenvalue weighted by molar-refractivity contribution is -0.862. The minimum atomic E-state index is -0.111. The number of rotatable bonds is 10. The first-order valence-corrected chi connectivity index (χ1v) is 9.24. The van der Waals surface area contributed by atoms with Gasteiger partial charge < -0.3 is 19.9 Å². The molecule has 1 unspecified atom stereocenters. The molecule has 0 saturated heterocycles. The highest BCUT2D eigenvalue weighted by atomic mass is 16.5. The summed E-state index contributed by atoms with van der Waals surface area (Å²) >= 11 is 0. The Kier molecular flexibility index (Phi) is 9.13. The Morgan fingerprint density at radius 3 is 2.04 bits per heavy atom. The van der Waals surface area contributed by atoms with Crippen molar-refractivity contribution in [3.8, 4) is 5.75 Å². The van der Waals surface area contributed by atoms with E-state index in [1.54, 1.807) is 31.4 Å². The number of hydrogen-bond acceptors (Lipinski definition) is 3. The molecule has 0 aromatic heterocycles.